The maximum absolute atomic E-state index is 11.1. The van der Waals surface area contributed by atoms with E-state index in [-0.39, 0.29) is 0 Å². The van der Waals surface area contributed by atoms with Gasteiger partial charge in [-0.15, -0.1) is 0 Å². The Morgan fingerprint density at radius 1 is 1.60 bits per heavy atom. The van der Waals surface area contributed by atoms with Crippen molar-refractivity contribution in [2.75, 3.05) is 12.4 Å². The predicted octanol–water partition coefficient (Wildman–Crippen LogP) is 0.161. The van der Waals surface area contributed by atoms with E-state index in [2.05, 4.69) is 15.3 Å². The number of nitrogens with zero attached hydrogens (tertiary/aromatic N) is 2. The van der Waals surface area contributed by atoms with Crippen molar-refractivity contribution < 1.29 is 9.53 Å². The van der Waals surface area contributed by atoms with E-state index in [0.29, 0.717) is 11.8 Å². The van der Waals surface area contributed by atoms with Crippen LogP contribution in [0, 0.1) is 0 Å². The Labute approximate surface area is 87.9 Å². The summed E-state index contributed by atoms with van der Waals surface area (Å²) in [4.78, 5) is 19.0. The fourth-order valence-electron chi connectivity index (χ4n) is 0.857. The number of methoxy groups -OCH3 is 1. The van der Waals surface area contributed by atoms with Gasteiger partial charge in [-0.25, -0.2) is 4.98 Å². The zero-order valence-electron chi connectivity index (χ0n) is 8.94. The van der Waals surface area contributed by atoms with Gasteiger partial charge in [-0.2, -0.15) is 4.98 Å². The van der Waals surface area contributed by atoms with E-state index in [1.54, 1.807) is 19.9 Å². The summed E-state index contributed by atoms with van der Waals surface area (Å²) >= 11 is 0. The molecule has 15 heavy (non-hydrogen) atoms. The van der Waals surface area contributed by atoms with E-state index in [1.165, 1.54) is 13.3 Å². The molecule has 1 rings (SSSR count). The molecule has 1 aromatic rings. The zero-order valence-corrected chi connectivity index (χ0v) is 8.94. The molecule has 3 N–H and O–H groups in total. The summed E-state index contributed by atoms with van der Waals surface area (Å²) in [5.41, 5.74) is 4.30. The second kappa shape index (κ2) is 4.12. The van der Waals surface area contributed by atoms with Gasteiger partial charge in [-0.3, -0.25) is 4.79 Å². The predicted molar refractivity (Wildman–Crippen MR) is 55.5 cm³/mol. The van der Waals surface area contributed by atoms with Crippen molar-refractivity contribution in [3.05, 3.63) is 12.3 Å². The van der Waals surface area contributed by atoms with Gasteiger partial charge in [0.2, 0.25) is 17.7 Å². The van der Waals surface area contributed by atoms with Crippen LogP contribution >= 0.6 is 0 Å². The van der Waals surface area contributed by atoms with Gasteiger partial charge in [0.15, 0.2) is 0 Å². The van der Waals surface area contributed by atoms with Crippen LogP contribution in [-0.4, -0.2) is 28.5 Å². The minimum atomic E-state index is -0.896. The number of carbonyl (C=O) groups is 1. The number of ether oxygens (including phenoxy) is 1. The molecular formula is C9H14N4O2. The number of hydrogen-bond acceptors (Lipinski definition) is 5. The van der Waals surface area contributed by atoms with Gasteiger partial charge in [-0.1, -0.05) is 0 Å². The minimum Gasteiger partial charge on any atom is -0.481 e. The fraction of sp³-hybridized carbons (Fsp3) is 0.444. The topological polar surface area (TPSA) is 90.1 Å². The van der Waals surface area contributed by atoms with Crippen LogP contribution in [-0.2, 0) is 4.79 Å². The average Bonchev–Trinajstić information content (AvgIpc) is 2.17. The molecule has 6 nitrogen and oxygen atoms in total. The summed E-state index contributed by atoms with van der Waals surface area (Å²) in [6, 6.07) is 1.61. The maximum Gasteiger partial charge on any atom is 0.242 e. The first-order chi connectivity index (χ1) is 6.95. The molecule has 82 valence electrons. The molecule has 0 radical (unpaired) electrons. The molecule has 0 aromatic carbocycles. The zero-order chi connectivity index (χ0) is 11.5. The fourth-order valence-corrected chi connectivity index (χ4v) is 0.857. The third-order valence-corrected chi connectivity index (χ3v) is 1.88. The lowest BCUT2D eigenvalue weighted by molar-refractivity contribution is -0.121. The highest BCUT2D eigenvalue weighted by Gasteiger charge is 2.25. The normalized spacial score (nSPS) is 10.9. The Morgan fingerprint density at radius 2 is 2.27 bits per heavy atom. The van der Waals surface area contributed by atoms with Gasteiger partial charge in [0.1, 0.15) is 5.54 Å². The van der Waals surface area contributed by atoms with Crippen molar-refractivity contribution in [3.8, 4) is 5.88 Å². The van der Waals surface area contributed by atoms with Crippen molar-refractivity contribution in [2.45, 2.75) is 19.4 Å². The van der Waals surface area contributed by atoms with Crippen LogP contribution < -0.4 is 15.8 Å². The van der Waals surface area contributed by atoms with Crippen LogP contribution in [0.1, 0.15) is 13.8 Å². The van der Waals surface area contributed by atoms with Crippen molar-refractivity contribution in [2.24, 2.45) is 5.73 Å². The van der Waals surface area contributed by atoms with E-state index in [1.807, 2.05) is 0 Å². The van der Waals surface area contributed by atoms with Gasteiger partial charge in [0.05, 0.1) is 7.11 Å². The first-order valence-electron chi connectivity index (χ1n) is 4.41. The van der Waals surface area contributed by atoms with Crippen LogP contribution in [0.4, 0.5) is 5.95 Å². The van der Waals surface area contributed by atoms with Crippen LogP contribution in [0.5, 0.6) is 5.88 Å². The minimum absolute atomic E-state index is 0.304. The highest BCUT2D eigenvalue weighted by molar-refractivity contribution is 5.86. The second-order valence-corrected chi connectivity index (χ2v) is 3.54. The molecule has 0 saturated carbocycles. The smallest absolute Gasteiger partial charge is 0.242 e. The van der Waals surface area contributed by atoms with Crippen LogP contribution in [0.25, 0.3) is 0 Å². The molecular weight excluding hydrogens is 196 g/mol. The lowest BCUT2D eigenvalue weighted by Gasteiger charge is -2.21. The van der Waals surface area contributed by atoms with Gasteiger partial charge in [-0.05, 0) is 13.8 Å². The Hall–Kier alpha value is -1.85. The molecule has 0 spiro atoms. The standard InChI is InChI=1S/C9H14N4O2/c1-9(2,7(10)14)13-8-11-5-4-6(12-8)15-3/h4-5H,1-3H3,(H2,10,14)(H,11,12,13). The number of nitrogens with one attached hydrogen (secondary N) is 1. The highest BCUT2D eigenvalue weighted by atomic mass is 16.5. The van der Waals surface area contributed by atoms with E-state index in [4.69, 9.17) is 10.5 Å². The first kappa shape index (κ1) is 11.2. The van der Waals surface area contributed by atoms with Crippen LogP contribution in [0.2, 0.25) is 0 Å². The second-order valence-electron chi connectivity index (χ2n) is 3.54. The van der Waals surface area contributed by atoms with E-state index in [0.717, 1.165) is 0 Å². The van der Waals surface area contributed by atoms with Gasteiger partial charge in [0.25, 0.3) is 0 Å². The Morgan fingerprint density at radius 3 is 2.80 bits per heavy atom. The van der Waals surface area contributed by atoms with Crippen molar-refractivity contribution in [1.82, 2.24) is 9.97 Å². The molecule has 6 heteroatoms. The molecule has 0 bridgehead atoms. The highest BCUT2D eigenvalue weighted by Crippen LogP contribution is 2.12. The van der Waals surface area contributed by atoms with E-state index >= 15 is 0 Å². The number of amides is 1. The molecule has 0 aliphatic rings. The van der Waals surface area contributed by atoms with Crippen LogP contribution in [0.15, 0.2) is 12.3 Å². The van der Waals surface area contributed by atoms with Gasteiger partial charge >= 0.3 is 0 Å². The lowest BCUT2D eigenvalue weighted by atomic mass is 10.1. The monoisotopic (exact) mass is 210 g/mol. The first-order valence-corrected chi connectivity index (χ1v) is 4.41. The Balaban J connectivity index is 2.85. The third-order valence-electron chi connectivity index (χ3n) is 1.88. The average molecular weight is 210 g/mol. The molecule has 0 aliphatic heterocycles. The number of hydrogen-bond donors (Lipinski definition) is 2. The van der Waals surface area contributed by atoms with Gasteiger partial charge in [0, 0.05) is 12.3 Å². The maximum atomic E-state index is 11.1. The quantitative estimate of drug-likeness (QED) is 0.738. The third kappa shape index (κ3) is 2.80. The molecule has 0 aliphatic carbocycles. The largest absolute Gasteiger partial charge is 0.481 e. The van der Waals surface area contributed by atoms with Crippen LogP contribution in [0.3, 0.4) is 0 Å². The number of carbonyl (C=O) groups excluding carboxylic acids is 1. The molecule has 0 atom stereocenters. The summed E-state index contributed by atoms with van der Waals surface area (Å²) in [6.45, 7) is 3.30. The summed E-state index contributed by atoms with van der Waals surface area (Å²) in [7, 11) is 1.51. The number of anilines is 1. The molecule has 0 unspecified atom stereocenters. The molecule has 0 saturated heterocycles. The molecule has 1 aromatic heterocycles. The molecule has 0 fully saturated rings. The SMILES string of the molecule is COc1ccnc(NC(C)(C)C(N)=O)n1. The van der Waals surface area contributed by atoms with E-state index < -0.39 is 11.4 Å². The lowest BCUT2D eigenvalue weighted by Crippen LogP contribution is -2.45. The number of nitrogens with two attached hydrogens (primary N) is 1. The Bertz CT molecular complexity index is 365. The van der Waals surface area contributed by atoms with Crippen molar-refractivity contribution in [3.63, 3.8) is 0 Å². The molecule has 1 amide bonds. The van der Waals surface area contributed by atoms with E-state index in [9.17, 15) is 4.79 Å². The summed E-state index contributed by atoms with van der Waals surface area (Å²) in [5.74, 6) is 0.250. The number of rotatable bonds is 4. The number of primary amides is 1. The van der Waals surface area contributed by atoms with Crippen molar-refractivity contribution in [1.29, 1.82) is 0 Å². The summed E-state index contributed by atoms with van der Waals surface area (Å²) < 4.78 is 4.92. The summed E-state index contributed by atoms with van der Waals surface area (Å²) in [6.07, 6.45) is 1.53. The molecule has 1 heterocycles. The number of aromatic nitrogens is 2. The Kier molecular flexibility index (Phi) is 3.08. The van der Waals surface area contributed by atoms with Gasteiger partial charge < -0.3 is 15.8 Å². The van der Waals surface area contributed by atoms with Crippen molar-refractivity contribution >= 4 is 11.9 Å². The summed E-state index contributed by atoms with van der Waals surface area (Å²) in [5, 5.41) is 2.82.